The molecule has 1 heterocycles. The van der Waals surface area contributed by atoms with Gasteiger partial charge in [0.15, 0.2) is 0 Å². The van der Waals surface area contributed by atoms with Crippen molar-refractivity contribution in [3.05, 3.63) is 54.1 Å². The number of rotatable bonds is 8. The van der Waals surface area contributed by atoms with Crippen LogP contribution in [0.2, 0.25) is 0 Å². The van der Waals surface area contributed by atoms with Crippen LogP contribution >= 0.6 is 0 Å². The van der Waals surface area contributed by atoms with E-state index in [4.69, 9.17) is 14.2 Å². The van der Waals surface area contributed by atoms with Crippen LogP contribution in [0.4, 0.5) is 0 Å². The Kier molecular flexibility index (Phi) is 6.31. The molecule has 0 aliphatic carbocycles. The lowest BCUT2D eigenvalue weighted by atomic mass is 10.1. The largest absolute Gasteiger partial charge is 0.453 e. The number of esters is 1. The number of hydrogen-bond acceptors (Lipinski definition) is 5. The molecule has 0 N–H and O–H groups in total. The molecule has 0 spiro atoms. The third kappa shape index (κ3) is 4.40. The second-order valence-electron chi connectivity index (χ2n) is 5.21. The number of imidazole rings is 1. The molecule has 23 heavy (non-hydrogen) atoms. The summed E-state index contributed by atoms with van der Waals surface area (Å²) in [6, 6.07) is 9.89. The number of methoxy groups -OCH3 is 2. The number of carbonyl (C=O) groups is 1. The highest BCUT2D eigenvalue weighted by molar-refractivity contribution is 5.87. The van der Waals surface area contributed by atoms with Gasteiger partial charge in [-0.2, -0.15) is 0 Å². The zero-order valence-electron chi connectivity index (χ0n) is 13.6. The van der Waals surface area contributed by atoms with Gasteiger partial charge in [0.05, 0.1) is 31.8 Å². The summed E-state index contributed by atoms with van der Waals surface area (Å²) >= 11 is 0. The minimum absolute atomic E-state index is 0.0236. The Hall–Kier alpha value is -2.18. The Bertz CT molecular complexity index is 606. The average Bonchev–Trinajstić information content (AvgIpc) is 3.05. The second kappa shape index (κ2) is 8.45. The van der Waals surface area contributed by atoms with E-state index < -0.39 is 12.1 Å². The molecule has 1 aromatic carbocycles. The molecule has 0 saturated carbocycles. The minimum Gasteiger partial charge on any atom is -0.453 e. The summed E-state index contributed by atoms with van der Waals surface area (Å²) in [5.41, 5.74) is 1.49. The normalized spacial score (nSPS) is 12.3. The second-order valence-corrected chi connectivity index (χ2v) is 5.21. The number of carbonyl (C=O) groups excluding carboxylic acids is 1. The topological polar surface area (TPSA) is 62.6 Å². The van der Waals surface area contributed by atoms with Crippen molar-refractivity contribution >= 4 is 5.97 Å². The van der Waals surface area contributed by atoms with Gasteiger partial charge in [0.1, 0.15) is 11.8 Å². The molecule has 6 nitrogen and oxygen atoms in total. The highest BCUT2D eigenvalue weighted by Gasteiger charge is 2.21. The maximum absolute atomic E-state index is 12.4. The SMILES string of the molecule is COCC(COC)OC(=O)c1cncn1C(C)c1ccccc1. The van der Waals surface area contributed by atoms with Gasteiger partial charge in [-0.1, -0.05) is 30.3 Å². The minimum atomic E-state index is -0.451. The van der Waals surface area contributed by atoms with Gasteiger partial charge in [0.2, 0.25) is 0 Å². The fraction of sp³-hybridized carbons (Fsp3) is 0.412. The van der Waals surface area contributed by atoms with Crippen LogP contribution in [0.15, 0.2) is 42.9 Å². The molecule has 1 unspecified atom stereocenters. The highest BCUT2D eigenvalue weighted by Crippen LogP contribution is 2.20. The van der Waals surface area contributed by atoms with E-state index in [0.717, 1.165) is 5.56 Å². The van der Waals surface area contributed by atoms with E-state index in [1.54, 1.807) is 25.1 Å². The third-order valence-corrected chi connectivity index (χ3v) is 3.55. The van der Waals surface area contributed by atoms with E-state index in [2.05, 4.69) is 4.98 Å². The predicted molar refractivity (Wildman–Crippen MR) is 85.4 cm³/mol. The van der Waals surface area contributed by atoms with Crippen molar-refractivity contribution < 1.29 is 19.0 Å². The lowest BCUT2D eigenvalue weighted by molar-refractivity contribution is -0.0231. The molecular formula is C17H22N2O4. The van der Waals surface area contributed by atoms with Gasteiger partial charge in [0.25, 0.3) is 0 Å². The summed E-state index contributed by atoms with van der Waals surface area (Å²) in [7, 11) is 3.11. The van der Waals surface area contributed by atoms with E-state index in [1.807, 2.05) is 37.3 Å². The summed E-state index contributed by atoms with van der Waals surface area (Å²) in [5, 5.41) is 0. The molecule has 1 atom stereocenters. The van der Waals surface area contributed by atoms with Gasteiger partial charge >= 0.3 is 5.97 Å². The Balaban J connectivity index is 2.15. The van der Waals surface area contributed by atoms with Crippen molar-refractivity contribution in [2.45, 2.75) is 19.1 Å². The molecule has 0 radical (unpaired) electrons. The monoisotopic (exact) mass is 318 g/mol. The zero-order chi connectivity index (χ0) is 16.7. The molecule has 0 saturated heterocycles. The zero-order valence-corrected chi connectivity index (χ0v) is 13.6. The first-order valence-electron chi connectivity index (χ1n) is 7.43. The van der Waals surface area contributed by atoms with Crippen LogP contribution in [-0.2, 0) is 14.2 Å². The molecular weight excluding hydrogens is 296 g/mol. The molecule has 0 bridgehead atoms. The maximum atomic E-state index is 12.4. The molecule has 2 rings (SSSR count). The predicted octanol–water partition coefficient (Wildman–Crippen LogP) is 2.31. The number of ether oxygens (including phenoxy) is 3. The number of nitrogens with zero attached hydrogens (tertiary/aromatic N) is 2. The summed E-state index contributed by atoms with van der Waals surface area (Å²) in [6.07, 6.45) is 2.70. The number of aromatic nitrogens is 2. The maximum Gasteiger partial charge on any atom is 0.357 e. The standard InChI is InChI=1S/C17H22N2O4/c1-13(14-7-5-4-6-8-14)19-12-18-9-16(19)17(20)23-15(10-21-2)11-22-3/h4-9,12-13,15H,10-11H2,1-3H3. The Labute approximate surface area is 136 Å². The summed E-state index contributed by atoms with van der Waals surface area (Å²) < 4.78 is 17.3. The molecule has 1 aromatic heterocycles. The third-order valence-electron chi connectivity index (χ3n) is 3.55. The van der Waals surface area contributed by atoms with Gasteiger partial charge in [-0.25, -0.2) is 9.78 Å². The first-order valence-corrected chi connectivity index (χ1v) is 7.43. The van der Waals surface area contributed by atoms with Crippen molar-refractivity contribution in [2.24, 2.45) is 0 Å². The lowest BCUT2D eigenvalue weighted by Gasteiger charge is -2.19. The van der Waals surface area contributed by atoms with Crippen LogP contribution in [0.1, 0.15) is 29.0 Å². The molecule has 0 fully saturated rings. The average molecular weight is 318 g/mol. The lowest BCUT2D eigenvalue weighted by Crippen LogP contribution is -2.28. The van der Waals surface area contributed by atoms with Gasteiger partial charge in [0, 0.05) is 14.2 Å². The molecule has 124 valence electrons. The highest BCUT2D eigenvalue weighted by atomic mass is 16.6. The number of hydrogen-bond donors (Lipinski definition) is 0. The Morgan fingerprint density at radius 1 is 1.17 bits per heavy atom. The van der Waals surface area contributed by atoms with Crippen LogP contribution < -0.4 is 0 Å². The van der Waals surface area contributed by atoms with E-state index in [9.17, 15) is 4.79 Å². The van der Waals surface area contributed by atoms with E-state index >= 15 is 0 Å². The van der Waals surface area contributed by atoms with Crippen molar-refractivity contribution in [1.29, 1.82) is 0 Å². The van der Waals surface area contributed by atoms with Crippen molar-refractivity contribution in [3.63, 3.8) is 0 Å². The van der Waals surface area contributed by atoms with Crippen LogP contribution in [0, 0.1) is 0 Å². The molecule has 0 amide bonds. The first-order chi connectivity index (χ1) is 11.2. The molecule has 0 aliphatic heterocycles. The van der Waals surface area contributed by atoms with E-state index in [0.29, 0.717) is 5.69 Å². The van der Waals surface area contributed by atoms with Crippen LogP contribution in [0.25, 0.3) is 0 Å². The van der Waals surface area contributed by atoms with E-state index in [1.165, 1.54) is 6.20 Å². The van der Waals surface area contributed by atoms with Crippen molar-refractivity contribution in [1.82, 2.24) is 9.55 Å². The van der Waals surface area contributed by atoms with Crippen LogP contribution in [0.3, 0.4) is 0 Å². The summed E-state index contributed by atoms with van der Waals surface area (Å²) in [5.74, 6) is -0.440. The fourth-order valence-electron chi connectivity index (χ4n) is 2.36. The Morgan fingerprint density at radius 3 is 2.43 bits per heavy atom. The van der Waals surface area contributed by atoms with Gasteiger partial charge in [-0.15, -0.1) is 0 Å². The quantitative estimate of drug-likeness (QED) is 0.699. The van der Waals surface area contributed by atoms with Crippen LogP contribution in [-0.4, -0.2) is 49.1 Å². The van der Waals surface area contributed by atoms with E-state index in [-0.39, 0.29) is 19.3 Å². The molecule has 0 aliphatic rings. The fourth-order valence-corrected chi connectivity index (χ4v) is 2.36. The first kappa shape index (κ1) is 17.2. The van der Waals surface area contributed by atoms with Gasteiger partial charge in [-0.3, -0.25) is 0 Å². The van der Waals surface area contributed by atoms with Gasteiger partial charge in [-0.05, 0) is 12.5 Å². The van der Waals surface area contributed by atoms with Crippen molar-refractivity contribution in [3.8, 4) is 0 Å². The summed E-state index contributed by atoms with van der Waals surface area (Å²) in [6.45, 7) is 2.57. The smallest absolute Gasteiger partial charge is 0.357 e. The molecule has 2 aromatic rings. The van der Waals surface area contributed by atoms with Crippen LogP contribution in [0.5, 0.6) is 0 Å². The Morgan fingerprint density at radius 2 is 1.83 bits per heavy atom. The van der Waals surface area contributed by atoms with Gasteiger partial charge < -0.3 is 18.8 Å². The van der Waals surface area contributed by atoms with Crippen molar-refractivity contribution in [2.75, 3.05) is 27.4 Å². The number of benzene rings is 1. The summed E-state index contributed by atoms with van der Waals surface area (Å²) in [4.78, 5) is 16.5. The molecule has 6 heteroatoms.